The summed E-state index contributed by atoms with van der Waals surface area (Å²) < 4.78 is 28.6. The minimum Gasteiger partial charge on any atom is -0.371 e. The molecule has 4 heteroatoms. The van der Waals surface area contributed by atoms with Gasteiger partial charge in [0.1, 0.15) is 6.61 Å². The molecule has 0 aromatic rings. The van der Waals surface area contributed by atoms with Crippen LogP contribution in [0.15, 0.2) is 0 Å². The quantitative estimate of drug-likeness (QED) is 0.671. The average Bonchev–Trinajstić information content (AvgIpc) is 2.10. The van der Waals surface area contributed by atoms with Crippen LogP contribution in [0.2, 0.25) is 0 Å². The van der Waals surface area contributed by atoms with Gasteiger partial charge in [-0.3, -0.25) is 0 Å². The highest BCUT2D eigenvalue weighted by Crippen LogP contribution is 2.05. The van der Waals surface area contributed by atoms with Crippen molar-refractivity contribution in [1.82, 2.24) is 5.32 Å². The van der Waals surface area contributed by atoms with Gasteiger partial charge in [-0.15, -0.1) is 0 Å². The van der Waals surface area contributed by atoms with Gasteiger partial charge in [0, 0.05) is 6.04 Å². The van der Waals surface area contributed by atoms with Gasteiger partial charge in [0.25, 0.3) is 6.43 Å². The third-order valence-electron chi connectivity index (χ3n) is 1.96. The molecule has 0 saturated carbocycles. The fraction of sp³-hybridized carbons (Fsp3) is 1.00. The molecule has 0 heterocycles. The second-order valence-corrected chi connectivity index (χ2v) is 3.00. The van der Waals surface area contributed by atoms with Crippen molar-refractivity contribution in [3.05, 3.63) is 0 Å². The summed E-state index contributed by atoms with van der Waals surface area (Å²) in [5, 5.41) is 3.19. The smallest absolute Gasteiger partial charge is 0.261 e. The third-order valence-corrected chi connectivity index (χ3v) is 1.96. The van der Waals surface area contributed by atoms with Gasteiger partial charge >= 0.3 is 0 Å². The minimum atomic E-state index is -2.37. The van der Waals surface area contributed by atoms with Crippen LogP contribution >= 0.6 is 0 Å². The van der Waals surface area contributed by atoms with Crippen LogP contribution in [0.1, 0.15) is 27.2 Å². The zero-order chi connectivity index (χ0) is 10.3. The monoisotopic (exact) mass is 195 g/mol. The second-order valence-electron chi connectivity index (χ2n) is 3.00. The molecule has 0 aromatic carbocycles. The highest BCUT2D eigenvalue weighted by Gasteiger charge is 2.16. The lowest BCUT2D eigenvalue weighted by atomic mass is 10.1. The second kappa shape index (κ2) is 7.21. The number of rotatable bonds is 7. The maximum Gasteiger partial charge on any atom is 0.261 e. The Morgan fingerprint density at radius 3 is 2.31 bits per heavy atom. The van der Waals surface area contributed by atoms with Crippen LogP contribution in [-0.2, 0) is 4.74 Å². The number of hydrogen-bond donors (Lipinski definition) is 1. The zero-order valence-electron chi connectivity index (χ0n) is 8.52. The molecule has 2 atom stereocenters. The highest BCUT2D eigenvalue weighted by atomic mass is 19.3. The fourth-order valence-corrected chi connectivity index (χ4v) is 1.25. The number of likely N-dealkylation sites (N-methyl/N-ethyl adjacent to an activating group) is 1. The first-order valence-corrected chi connectivity index (χ1v) is 4.74. The largest absolute Gasteiger partial charge is 0.371 e. The molecular formula is C9H19F2NO. The van der Waals surface area contributed by atoms with Crippen molar-refractivity contribution in [2.45, 2.75) is 45.8 Å². The van der Waals surface area contributed by atoms with Gasteiger partial charge in [0.15, 0.2) is 0 Å². The summed E-state index contributed by atoms with van der Waals surface area (Å²) in [6.07, 6.45) is -1.64. The normalized spacial score (nSPS) is 16.2. The minimum absolute atomic E-state index is 0.154. The molecule has 0 fully saturated rings. The van der Waals surface area contributed by atoms with Crippen LogP contribution in [0.5, 0.6) is 0 Å². The molecule has 0 aromatic heterocycles. The fourth-order valence-electron chi connectivity index (χ4n) is 1.25. The number of halogens is 2. The molecule has 0 aliphatic heterocycles. The number of ether oxygens (including phenoxy) is 1. The summed E-state index contributed by atoms with van der Waals surface area (Å²) in [6.45, 7) is 6.18. The number of nitrogens with one attached hydrogen (secondary N) is 1. The van der Waals surface area contributed by atoms with Crippen molar-refractivity contribution in [3.8, 4) is 0 Å². The summed E-state index contributed by atoms with van der Waals surface area (Å²) in [5.41, 5.74) is 0. The Labute approximate surface area is 78.7 Å². The maximum atomic E-state index is 11.8. The van der Waals surface area contributed by atoms with E-state index in [1.165, 1.54) is 0 Å². The first-order valence-electron chi connectivity index (χ1n) is 4.74. The summed E-state index contributed by atoms with van der Waals surface area (Å²) in [5.74, 6) is 0. The molecule has 0 saturated heterocycles. The van der Waals surface area contributed by atoms with Crippen molar-refractivity contribution in [3.63, 3.8) is 0 Å². The Balaban J connectivity index is 3.69. The Morgan fingerprint density at radius 1 is 1.31 bits per heavy atom. The average molecular weight is 195 g/mol. The van der Waals surface area contributed by atoms with E-state index < -0.39 is 13.0 Å². The van der Waals surface area contributed by atoms with E-state index in [1.807, 2.05) is 20.8 Å². The molecule has 0 amide bonds. The zero-order valence-corrected chi connectivity index (χ0v) is 8.52. The molecular weight excluding hydrogens is 176 g/mol. The Hall–Kier alpha value is -0.220. The van der Waals surface area contributed by atoms with Gasteiger partial charge in [-0.1, -0.05) is 13.8 Å². The maximum absolute atomic E-state index is 11.8. The van der Waals surface area contributed by atoms with Crippen LogP contribution in [0.25, 0.3) is 0 Å². The van der Waals surface area contributed by atoms with E-state index in [2.05, 4.69) is 5.32 Å². The standard InChI is InChI=1S/C9H19F2NO/c1-4-8(12-5-2)7(3)13-6-9(10)11/h7-9,12H,4-6H2,1-3H3. The molecule has 2 nitrogen and oxygen atoms in total. The molecule has 0 aliphatic carbocycles. The third kappa shape index (κ3) is 5.93. The van der Waals surface area contributed by atoms with Crippen LogP contribution in [0.3, 0.4) is 0 Å². The molecule has 0 spiro atoms. The number of alkyl halides is 2. The van der Waals surface area contributed by atoms with Crippen LogP contribution in [-0.4, -0.2) is 31.7 Å². The Morgan fingerprint density at radius 2 is 1.92 bits per heavy atom. The molecule has 0 bridgehead atoms. The van der Waals surface area contributed by atoms with Crippen LogP contribution < -0.4 is 5.32 Å². The van der Waals surface area contributed by atoms with Gasteiger partial charge in [0.2, 0.25) is 0 Å². The summed E-state index contributed by atoms with van der Waals surface area (Å²) >= 11 is 0. The van der Waals surface area contributed by atoms with Gasteiger partial charge < -0.3 is 10.1 Å². The summed E-state index contributed by atoms with van der Waals surface area (Å²) in [7, 11) is 0. The molecule has 13 heavy (non-hydrogen) atoms. The molecule has 2 unspecified atom stereocenters. The lowest BCUT2D eigenvalue weighted by Gasteiger charge is -2.23. The molecule has 0 radical (unpaired) electrons. The van der Waals surface area contributed by atoms with E-state index in [-0.39, 0.29) is 12.1 Å². The van der Waals surface area contributed by atoms with Crippen molar-refractivity contribution in [2.75, 3.05) is 13.2 Å². The topological polar surface area (TPSA) is 21.3 Å². The van der Waals surface area contributed by atoms with Crippen molar-refractivity contribution in [2.24, 2.45) is 0 Å². The van der Waals surface area contributed by atoms with Crippen LogP contribution in [0.4, 0.5) is 8.78 Å². The SMILES string of the molecule is CCNC(CC)C(C)OCC(F)F. The number of hydrogen-bond acceptors (Lipinski definition) is 2. The van der Waals surface area contributed by atoms with E-state index in [4.69, 9.17) is 4.74 Å². The van der Waals surface area contributed by atoms with Crippen molar-refractivity contribution in [1.29, 1.82) is 0 Å². The predicted octanol–water partition coefficient (Wildman–Crippen LogP) is 2.04. The van der Waals surface area contributed by atoms with E-state index in [0.717, 1.165) is 13.0 Å². The Kier molecular flexibility index (Phi) is 7.09. The highest BCUT2D eigenvalue weighted by molar-refractivity contribution is 4.71. The van der Waals surface area contributed by atoms with Gasteiger partial charge in [0.05, 0.1) is 6.10 Å². The predicted molar refractivity (Wildman–Crippen MR) is 49.2 cm³/mol. The lowest BCUT2D eigenvalue weighted by Crippen LogP contribution is -2.39. The van der Waals surface area contributed by atoms with E-state index in [0.29, 0.717) is 0 Å². The van der Waals surface area contributed by atoms with Crippen molar-refractivity contribution < 1.29 is 13.5 Å². The van der Waals surface area contributed by atoms with Crippen LogP contribution in [0, 0.1) is 0 Å². The first kappa shape index (κ1) is 12.8. The summed E-state index contributed by atoms with van der Waals surface area (Å²) in [4.78, 5) is 0. The summed E-state index contributed by atoms with van der Waals surface area (Å²) in [6, 6.07) is 0.170. The van der Waals surface area contributed by atoms with Crippen molar-refractivity contribution >= 4 is 0 Å². The van der Waals surface area contributed by atoms with E-state index in [9.17, 15) is 8.78 Å². The molecule has 1 N–H and O–H groups in total. The van der Waals surface area contributed by atoms with E-state index in [1.54, 1.807) is 0 Å². The van der Waals surface area contributed by atoms with Gasteiger partial charge in [-0.2, -0.15) is 0 Å². The molecule has 80 valence electrons. The molecule has 0 aliphatic rings. The molecule has 0 rings (SSSR count). The van der Waals surface area contributed by atoms with Gasteiger partial charge in [-0.05, 0) is 19.9 Å². The first-order chi connectivity index (χ1) is 6.11. The van der Waals surface area contributed by atoms with E-state index >= 15 is 0 Å². The lowest BCUT2D eigenvalue weighted by molar-refractivity contribution is -0.0306. The Bertz CT molecular complexity index is 122. The van der Waals surface area contributed by atoms with Gasteiger partial charge in [-0.25, -0.2) is 8.78 Å².